The number of halogens is 1. The van der Waals surface area contributed by atoms with Gasteiger partial charge in [-0.25, -0.2) is 0 Å². The van der Waals surface area contributed by atoms with Gasteiger partial charge in [-0.15, -0.1) is 0 Å². The highest BCUT2D eigenvalue weighted by Crippen LogP contribution is 2.46. The van der Waals surface area contributed by atoms with Crippen molar-refractivity contribution in [3.63, 3.8) is 0 Å². The van der Waals surface area contributed by atoms with Crippen LogP contribution < -0.4 is 4.74 Å². The molecule has 3 fully saturated rings. The molecule has 2 aliphatic heterocycles. The lowest BCUT2D eigenvalue weighted by atomic mass is 9.87. The first-order valence-electron chi connectivity index (χ1n) is 9.24. The molecule has 1 aliphatic carbocycles. The van der Waals surface area contributed by atoms with E-state index in [1.165, 1.54) is 0 Å². The molecular weight excluding hydrogens is 356 g/mol. The molecule has 5 atom stereocenters. The number of fused-ring (bicyclic) bond motifs is 1. The summed E-state index contributed by atoms with van der Waals surface area (Å²) in [7, 11) is 0. The summed E-state index contributed by atoms with van der Waals surface area (Å²) in [6.45, 7) is 3.57. The highest BCUT2D eigenvalue weighted by Gasteiger charge is 2.47. The van der Waals surface area contributed by atoms with Gasteiger partial charge in [0, 0.05) is 11.4 Å². The first-order valence-corrected chi connectivity index (χ1v) is 9.62. The fourth-order valence-electron chi connectivity index (χ4n) is 4.35. The fourth-order valence-corrected chi connectivity index (χ4v) is 4.53. The van der Waals surface area contributed by atoms with Crippen molar-refractivity contribution in [1.82, 2.24) is 0 Å². The van der Waals surface area contributed by atoms with E-state index in [9.17, 15) is 5.11 Å². The molecule has 0 radical (unpaired) electrons. The third-order valence-corrected chi connectivity index (χ3v) is 5.86. The zero-order valence-electron chi connectivity index (χ0n) is 14.8. The van der Waals surface area contributed by atoms with E-state index in [0.29, 0.717) is 48.2 Å². The maximum atomic E-state index is 9.78. The number of hydrogen-bond acceptors (Lipinski definition) is 5. The second kappa shape index (κ2) is 7.49. The van der Waals surface area contributed by atoms with Gasteiger partial charge in [-0.05, 0) is 48.4 Å². The Morgan fingerprint density at radius 1 is 1.31 bits per heavy atom. The van der Waals surface area contributed by atoms with Gasteiger partial charge in [0.25, 0.3) is 0 Å². The summed E-state index contributed by atoms with van der Waals surface area (Å²) in [4.78, 5) is 0. The molecule has 4 rings (SSSR count). The Morgan fingerprint density at radius 3 is 2.88 bits per heavy atom. The molecule has 0 aromatic heterocycles. The lowest BCUT2D eigenvalue weighted by Gasteiger charge is -2.25. The van der Waals surface area contributed by atoms with Gasteiger partial charge in [0.2, 0.25) is 5.79 Å². The van der Waals surface area contributed by atoms with E-state index in [4.69, 9.17) is 30.5 Å². The van der Waals surface area contributed by atoms with E-state index in [1.54, 1.807) is 6.07 Å². The minimum Gasteiger partial charge on any atom is -0.488 e. The molecule has 1 aromatic carbocycles. The molecule has 2 saturated heterocycles. The summed E-state index contributed by atoms with van der Waals surface area (Å²) < 4.78 is 23.2. The van der Waals surface area contributed by atoms with Crippen LogP contribution in [0.3, 0.4) is 0 Å². The number of rotatable bonds is 5. The van der Waals surface area contributed by atoms with Gasteiger partial charge in [-0.1, -0.05) is 30.7 Å². The smallest absolute Gasteiger partial charge is 0.223 e. The van der Waals surface area contributed by atoms with Gasteiger partial charge >= 0.3 is 0 Å². The lowest BCUT2D eigenvalue weighted by Crippen LogP contribution is -2.35. The first kappa shape index (κ1) is 18.3. The van der Waals surface area contributed by atoms with E-state index in [0.717, 1.165) is 6.42 Å². The molecule has 0 amide bonds. The number of allylic oxidation sites excluding steroid dienone is 1. The van der Waals surface area contributed by atoms with Gasteiger partial charge in [-0.2, -0.15) is 0 Å². The molecule has 142 valence electrons. The number of aliphatic hydroxyl groups excluding tert-OH is 1. The van der Waals surface area contributed by atoms with Crippen molar-refractivity contribution in [2.45, 2.75) is 37.9 Å². The predicted molar refractivity (Wildman–Crippen MR) is 97.0 cm³/mol. The van der Waals surface area contributed by atoms with Gasteiger partial charge in [0.05, 0.1) is 19.3 Å². The summed E-state index contributed by atoms with van der Waals surface area (Å²) in [5, 5.41) is 10.4. The second-order valence-electron chi connectivity index (χ2n) is 7.43. The van der Waals surface area contributed by atoms with Gasteiger partial charge in [0.15, 0.2) is 6.29 Å². The van der Waals surface area contributed by atoms with Gasteiger partial charge in [-0.3, -0.25) is 0 Å². The fraction of sp³-hybridized carbons (Fsp3) is 0.600. The third-order valence-electron chi connectivity index (χ3n) is 5.62. The average molecular weight is 381 g/mol. The molecular formula is C20H25ClO5. The highest BCUT2D eigenvalue weighted by atomic mass is 35.5. The van der Waals surface area contributed by atoms with E-state index >= 15 is 0 Å². The van der Waals surface area contributed by atoms with Crippen molar-refractivity contribution in [2.24, 2.45) is 17.8 Å². The molecule has 2 heterocycles. The molecule has 1 N–H and O–H groups in total. The largest absolute Gasteiger partial charge is 0.488 e. The molecule has 1 saturated carbocycles. The van der Waals surface area contributed by atoms with Crippen molar-refractivity contribution in [3.8, 4) is 5.75 Å². The van der Waals surface area contributed by atoms with Crippen LogP contribution in [0.4, 0.5) is 0 Å². The first-order chi connectivity index (χ1) is 12.5. The maximum Gasteiger partial charge on any atom is 0.223 e. The SMILES string of the molecule is C[C@@H]1C[C@@H]2OC(O)C[C@@H]2[C@H]1/C=C/C1(COc2cccc(Cl)c2)OCCO1. The average Bonchev–Trinajstić information content (AvgIpc) is 3.27. The third kappa shape index (κ3) is 3.78. The van der Waals surface area contributed by atoms with Crippen molar-refractivity contribution >= 4 is 11.6 Å². The van der Waals surface area contributed by atoms with Crippen LogP contribution in [0.1, 0.15) is 19.8 Å². The Bertz CT molecular complexity index is 657. The molecule has 1 unspecified atom stereocenters. The zero-order chi connectivity index (χ0) is 18.1. The van der Waals surface area contributed by atoms with E-state index in [1.807, 2.05) is 24.3 Å². The topological polar surface area (TPSA) is 57.2 Å². The highest BCUT2D eigenvalue weighted by molar-refractivity contribution is 6.30. The van der Waals surface area contributed by atoms with E-state index in [2.05, 4.69) is 13.0 Å². The van der Waals surface area contributed by atoms with Crippen LogP contribution in [0.25, 0.3) is 0 Å². The number of ether oxygens (including phenoxy) is 4. The Morgan fingerprint density at radius 2 is 2.12 bits per heavy atom. The van der Waals surface area contributed by atoms with Crippen LogP contribution in [0.5, 0.6) is 5.75 Å². The van der Waals surface area contributed by atoms with Crippen LogP contribution in [0, 0.1) is 17.8 Å². The molecule has 5 nitrogen and oxygen atoms in total. The Kier molecular flexibility index (Phi) is 5.26. The normalized spacial score (nSPS) is 35.9. The van der Waals surface area contributed by atoms with Crippen LogP contribution in [-0.4, -0.2) is 43.1 Å². The number of aliphatic hydroxyl groups is 1. The Hall–Kier alpha value is -1.11. The van der Waals surface area contributed by atoms with Crippen molar-refractivity contribution in [1.29, 1.82) is 0 Å². The minimum absolute atomic E-state index is 0.152. The van der Waals surface area contributed by atoms with Crippen LogP contribution in [0.15, 0.2) is 36.4 Å². The van der Waals surface area contributed by atoms with Crippen LogP contribution in [0.2, 0.25) is 5.02 Å². The Balaban J connectivity index is 1.45. The lowest BCUT2D eigenvalue weighted by molar-refractivity contribution is -0.139. The summed E-state index contributed by atoms with van der Waals surface area (Å²) in [5.74, 6) is 1.00. The standard InChI is InChI=1S/C20H25ClO5/c1-13-9-18-17(11-19(22)26-18)16(13)5-6-20(24-7-8-25-20)12-23-15-4-2-3-14(21)10-15/h2-6,10,13,16-19,22H,7-9,11-12H2,1H3/b6-5+/t13-,16+,17-,18+,19?/m1/s1. The monoisotopic (exact) mass is 380 g/mol. The van der Waals surface area contributed by atoms with Crippen LogP contribution in [-0.2, 0) is 14.2 Å². The second-order valence-corrected chi connectivity index (χ2v) is 7.87. The molecule has 26 heavy (non-hydrogen) atoms. The Labute approximate surface area is 158 Å². The van der Waals surface area contributed by atoms with E-state index in [-0.39, 0.29) is 12.7 Å². The molecule has 0 spiro atoms. The van der Waals surface area contributed by atoms with Crippen molar-refractivity contribution in [2.75, 3.05) is 19.8 Å². The van der Waals surface area contributed by atoms with Gasteiger partial charge < -0.3 is 24.1 Å². The summed E-state index contributed by atoms with van der Waals surface area (Å²) in [5.41, 5.74) is 0. The summed E-state index contributed by atoms with van der Waals surface area (Å²) >= 11 is 6.01. The summed E-state index contributed by atoms with van der Waals surface area (Å²) in [6, 6.07) is 7.29. The molecule has 6 heteroatoms. The van der Waals surface area contributed by atoms with Crippen molar-refractivity contribution < 1.29 is 24.1 Å². The zero-order valence-corrected chi connectivity index (χ0v) is 15.6. The summed E-state index contributed by atoms with van der Waals surface area (Å²) in [6.07, 6.45) is 5.34. The van der Waals surface area contributed by atoms with Crippen molar-refractivity contribution in [3.05, 3.63) is 41.4 Å². The maximum absolute atomic E-state index is 9.78. The van der Waals surface area contributed by atoms with Gasteiger partial charge in [0.1, 0.15) is 12.4 Å². The minimum atomic E-state index is -0.877. The predicted octanol–water partition coefficient (Wildman–Crippen LogP) is 3.40. The number of hydrogen-bond donors (Lipinski definition) is 1. The molecule has 3 aliphatic rings. The molecule has 1 aromatic rings. The van der Waals surface area contributed by atoms with E-state index < -0.39 is 12.1 Å². The molecule has 0 bridgehead atoms. The van der Waals surface area contributed by atoms with Crippen LogP contribution >= 0.6 is 11.6 Å². The quantitative estimate of drug-likeness (QED) is 0.793. The number of benzene rings is 1.